The van der Waals surface area contributed by atoms with E-state index < -0.39 is 0 Å². The molecule has 0 bridgehead atoms. The molecule has 20 heavy (non-hydrogen) atoms. The van der Waals surface area contributed by atoms with Crippen LogP contribution in [0.2, 0.25) is 0 Å². The molecule has 2 unspecified atom stereocenters. The van der Waals surface area contributed by atoms with Gasteiger partial charge in [0.25, 0.3) is 0 Å². The zero-order chi connectivity index (χ0) is 14.4. The number of carbonyl (C=O) groups excluding carboxylic acids is 1. The van der Waals surface area contributed by atoms with E-state index in [1.807, 2.05) is 18.2 Å². The average Bonchev–Trinajstić information content (AvgIpc) is 2.46. The number of Topliss-reactive ketones (excluding diaryl/α,β-unsaturated/α-hetero) is 1. The topological polar surface area (TPSA) is 52.3 Å². The van der Waals surface area contributed by atoms with Crippen molar-refractivity contribution < 1.29 is 9.53 Å². The lowest BCUT2D eigenvalue weighted by Gasteiger charge is -2.25. The van der Waals surface area contributed by atoms with E-state index in [1.165, 1.54) is 5.56 Å². The van der Waals surface area contributed by atoms with E-state index in [0.717, 1.165) is 31.6 Å². The first-order chi connectivity index (χ1) is 9.70. The molecule has 1 heterocycles. The molecule has 0 radical (unpaired) electrons. The summed E-state index contributed by atoms with van der Waals surface area (Å²) in [6, 6.07) is 8.09. The maximum Gasteiger partial charge on any atom is 0.133 e. The van der Waals surface area contributed by atoms with Gasteiger partial charge < -0.3 is 10.5 Å². The third-order valence-electron chi connectivity index (χ3n) is 4.13. The van der Waals surface area contributed by atoms with E-state index >= 15 is 0 Å². The number of ether oxygens (including phenoxy) is 1. The summed E-state index contributed by atoms with van der Waals surface area (Å²) in [6.07, 6.45) is 4.24. The lowest BCUT2D eigenvalue weighted by molar-refractivity contribution is -0.119. The minimum absolute atomic E-state index is 0.331. The molecule has 0 saturated heterocycles. The maximum atomic E-state index is 12.2. The Hall–Kier alpha value is -1.35. The minimum Gasteiger partial charge on any atom is -0.493 e. The largest absolute Gasteiger partial charge is 0.493 e. The first-order valence-corrected chi connectivity index (χ1v) is 7.64. The number of hydrogen-bond donors (Lipinski definition) is 1. The summed E-state index contributed by atoms with van der Waals surface area (Å²) < 4.78 is 5.64. The average molecular weight is 275 g/mol. The first-order valence-electron chi connectivity index (χ1n) is 7.64. The van der Waals surface area contributed by atoms with Crippen molar-refractivity contribution >= 4 is 5.78 Å². The number of nitrogens with two attached hydrogens (primary N) is 1. The molecule has 2 atom stereocenters. The van der Waals surface area contributed by atoms with Gasteiger partial charge in [-0.3, -0.25) is 4.79 Å². The molecule has 2 N–H and O–H groups in total. The SMILES string of the molecule is CC(CCN)CCC(=O)CC1CCOc2ccccc21. The van der Waals surface area contributed by atoms with Crippen LogP contribution < -0.4 is 10.5 Å². The number of benzene rings is 1. The molecule has 3 heteroatoms. The third-order valence-corrected chi connectivity index (χ3v) is 4.13. The van der Waals surface area contributed by atoms with E-state index in [1.54, 1.807) is 0 Å². The normalized spacial score (nSPS) is 19.0. The van der Waals surface area contributed by atoms with Gasteiger partial charge >= 0.3 is 0 Å². The molecule has 110 valence electrons. The van der Waals surface area contributed by atoms with E-state index in [9.17, 15) is 4.79 Å². The van der Waals surface area contributed by atoms with E-state index in [-0.39, 0.29) is 0 Å². The third kappa shape index (κ3) is 4.07. The Labute approximate surface area is 121 Å². The van der Waals surface area contributed by atoms with Crippen molar-refractivity contribution in [3.63, 3.8) is 0 Å². The molecule has 1 aromatic carbocycles. The van der Waals surface area contributed by atoms with Gasteiger partial charge in [-0.15, -0.1) is 0 Å². The zero-order valence-electron chi connectivity index (χ0n) is 12.3. The molecule has 1 aliphatic heterocycles. The first kappa shape index (κ1) is 15.0. The molecule has 0 fully saturated rings. The zero-order valence-corrected chi connectivity index (χ0v) is 12.3. The maximum absolute atomic E-state index is 12.2. The molecule has 0 amide bonds. The molecule has 0 saturated carbocycles. The highest BCUT2D eigenvalue weighted by atomic mass is 16.5. The number of ketones is 1. The number of fused-ring (bicyclic) bond motifs is 1. The van der Waals surface area contributed by atoms with Crippen molar-refractivity contribution in [2.75, 3.05) is 13.2 Å². The molecule has 1 aromatic rings. The number of carbonyl (C=O) groups is 1. The summed E-state index contributed by atoms with van der Waals surface area (Å²) in [7, 11) is 0. The molecule has 0 spiro atoms. The van der Waals surface area contributed by atoms with Crippen molar-refractivity contribution in [3.8, 4) is 5.75 Å². The van der Waals surface area contributed by atoms with Crippen molar-refractivity contribution in [1.82, 2.24) is 0 Å². The van der Waals surface area contributed by atoms with Crippen molar-refractivity contribution in [3.05, 3.63) is 29.8 Å². The van der Waals surface area contributed by atoms with E-state index in [2.05, 4.69) is 13.0 Å². The molecule has 2 rings (SSSR count). The van der Waals surface area contributed by atoms with Crippen LogP contribution in [0.1, 0.15) is 50.5 Å². The molecule has 3 nitrogen and oxygen atoms in total. The minimum atomic E-state index is 0.331. The second-order valence-corrected chi connectivity index (χ2v) is 5.84. The van der Waals surface area contributed by atoms with Gasteiger partial charge in [-0.2, -0.15) is 0 Å². The lowest BCUT2D eigenvalue weighted by Crippen LogP contribution is -2.17. The van der Waals surface area contributed by atoms with Gasteiger partial charge in [0.1, 0.15) is 11.5 Å². The highest BCUT2D eigenvalue weighted by Gasteiger charge is 2.23. The van der Waals surface area contributed by atoms with Gasteiger partial charge in [-0.05, 0) is 49.3 Å². The standard InChI is InChI=1S/C17H25NO2/c1-13(8-10-18)6-7-15(19)12-14-9-11-20-17-5-3-2-4-16(14)17/h2-5,13-14H,6-12,18H2,1H3. The fourth-order valence-electron chi connectivity index (χ4n) is 2.84. The van der Waals surface area contributed by atoms with Gasteiger partial charge in [0.2, 0.25) is 0 Å². The fraction of sp³-hybridized carbons (Fsp3) is 0.588. The van der Waals surface area contributed by atoms with Crippen LogP contribution >= 0.6 is 0 Å². The Balaban J connectivity index is 1.86. The van der Waals surface area contributed by atoms with Crippen LogP contribution in [0.15, 0.2) is 24.3 Å². The van der Waals surface area contributed by atoms with Crippen LogP contribution in [0.3, 0.4) is 0 Å². The Kier molecular flexibility index (Phi) is 5.60. The van der Waals surface area contributed by atoms with Gasteiger partial charge in [0, 0.05) is 12.8 Å². The monoisotopic (exact) mass is 275 g/mol. The van der Waals surface area contributed by atoms with Crippen LogP contribution in [0.25, 0.3) is 0 Å². The van der Waals surface area contributed by atoms with Crippen molar-refractivity contribution in [1.29, 1.82) is 0 Å². The summed E-state index contributed by atoms with van der Waals surface area (Å²) in [4.78, 5) is 12.2. The Morgan fingerprint density at radius 1 is 1.40 bits per heavy atom. The second kappa shape index (κ2) is 7.44. The summed E-state index contributed by atoms with van der Waals surface area (Å²) in [5, 5.41) is 0. The fourth-order valence-corrected chi connectivity index (χ4v) is 2.84. The van der Waals surface area contributed by atoms with Crippen LogP contribution in [0, 0.1) is 5.92 Å². The summed E-state index contributed by atoms with van der Waals surface area (Å²) in [6.45, 7) is 3.60. The Bertz CT molecular complexity index is 444. The number of para-hydroxylation sites is 1. The van der Waals surface area contributed by atoms with Crippen LogP contribution in [-0.2, 0) is 4.79 Å². The molecular formula is C17H25NO2. The van der Waals surface area contributed by atoms with Crippen molar-refractivity contribution in [2.45, 2.75) is 44.9 Å². The lowest BCUT2D eigenvalue weighted by atomic mass is 9.87. The highest BCUT2D eigenvalue weighted by Crippen LogP contribution is 2.35. The van der Waals surface area contributed by atoms with Gasteiger partial charge in [0.15, 0.2) is 0 Å². The smallest absolute Gasteiger partial charge is 0.133 e. The van der Waals surface area contributed by atoms with E-state index in [4.69, 9.17) is 10.5 Å². The number of rotatable bonds is 7. The molecule has 0 aromatic heterocycles. The highest BCUT2D eigenvalue weighted by molar-refractivity contribution is 5.79. The van der Waals surface area contributed by atoms with Gasteiger partial charge in [0.05, 0.1) is 6.61 Å². The molecule has 0 aliphatic carbocycles. The summed E-state index contributed by atoms with van der Waals surface area (Å²) in [5.41, 5.74) is 6.74. The number of hydrogen-bond acceptors (Lipinski definition) is 3. The van der Waals surface area contributed by atoms with Crippen molar-refractivity contribution in [2.24, 2.45) is 11.7 Å². The molecular weight excluding hydrogens is 250 g/mol. The summed E-state index contributed by atoms with van der Waals surface area (Å²) >= 11 is 0. The van der Waals surface area contributed by atoms with Gasteiger partial charge in [-0.25, -0.2) is 0 Å². The van der Waals surface area contributed by atoms with E-state index in [0.29, 0.717) is 37.0 Å². The van der Waals surface area contributed by atoms with Gasteiger partial charge in [-0.1, -0.05) is 25.1 Å². The van der Waals surface area contributed by atoms with Crippen LogP contribution in [0.5, 0.6) is 5.75 Å². The summed E-state index contributed by atoms with van der Waals surface area (Å²) in [5.74, 6) is 2.20. The Morgan fingerprint density at radius 3 is 3.00 bits per heavy atom. The Morgan fingerprint density at radius 2 is 2.20 bits per heavy atom. The predicted octanol–water partition coefficient (Wildman–Crippen LogP) is 3.28. The van der Waals surface area contributed by atoms with Crippen LogP contribution in [-0.4, -0.2) is 18.9 Å². The second-order valence-electron chi connectivity index (χ2n) is 5.84. The predicted molar refractivity (Wildman–Crippen MR) is 81.0 cm³/mol. The van der Waals surface area contributed by atoms with Crippen LogP contribution in [0.4, 0.5) is 0 Å². The quantitative estimate of drug-likeness (QED) is 0.831. The molecule has 1 aliphatic rings.